The summed E-state index contributed by atoms with van der Waals surface area (Å²) >= 11 is 0. The van der Waals surface area contributed by atoms with Crippen LogP contribution in [0, 0.1) is 11.8 Å². The molecule has 0 aromatic heterocycles. The van der Waals surface area contributed by atoms with Gasteiger partial charge >= 0.3 is 6.09 Å². The smallest absolute Gasteiger partial charge is 0.416 e. The molecule has 2 amide bonds. The second-order valence-corrected chi connectivity index (χ2v) is 3.84. The minimum atomic E-state index is -0.525. The van der Waals surface area contributed by atoms with Crippen LogP contribution in [0.5, 0.6) is 0 Å². The summed E-state index contributed by atoms with van der Waals surface area (Å²) in [6, 6.07) is 0. The number of cyclic esters (lactones) is 1. The van der Waals surface area contributed by atoms with Crippen molar-refractivity contribution in [3.05, 3.63) is 12.2 Å². The van der Waals surface area contributed by atoms with E-state index in [-0.39, 0.29) is 5.91 Å². The summed E-state index contributed by atoms with van der Waals surface area (Å²) in [5.41, 5.74) is 0. The van der Waals surface area contributed by atoms with Gasteiger partial charge in [0.15, 0.2) is 0 Å². The molecule has 0 N–H and O–H groups in total. The fourth-order valence-electron chi connectivity index (χ4n) is 1.51. The van der Waals surface area contributed by atoms with Crippen molar-refractivity contribution in [3.63, 3.8) is 0 Å². The molecule has 0 radical (unpaired) electrons. The topological polar surface area (TPSA) is 46.6 Å². The number of amides is 2. The molecule has 14 heavy (non-hydrogen) atoms. The minimum Gasteiger partial charge on any atom is -0.447 e. The molecule has 4 nitrogen and oxygen atoms in total. The summed E-state index contributed by atoms with van der Waals surface area (Å²) in [6.07, 6.45) is 4.00. The number of carbonyl (C=O) groups excluding carboxylic acids is 2. The van der Waals surface area contributed by atoms with Gasteiger partial charge in [-0.15, -0.1) is 0 Å². The molecule has 0 aromatic carbocycles. The highest BCUT2D eigenvalue weighted by atomic mass is 16.6. The molecule has 4 heteroatoms. The number of ether oxygens (including phenoxy) is 1. The lowest BCUT2D eigenvalue weighted by Crippen LogP contribution is -2.29. The fraction of sp³-hybridized carbons (Fsp3) is 0.600. The molecular weight excluding hydrogens is 182 g/mol. The van der Waals surface area contributed by atoms with Gasteiger partial charge in [0.2, 0.25) is 0 Å². The SMILES string of the molecule is C[C@H]1C[C@@H]1/C=C/C(=O)N1CCOC1=O. The quantitative estimate of drug-likeness (QED) is 0.621. The number of rotatable bonds is 2. The lowest BCUT2D eigenvalue weighted by Gasteiger charge is -2.05. The van der Waals surface area contributed by atoms with Crippen molar-refractivity contribution in [1.29, 1.82) is 0 Å². The molecule has 1 aliphatic heterocycles. The first kappa shape index (κ1) is 9.24. The fourth-order valence-corrected chi connectivity index (χ4v) is 1.51. The van der Waals surface area contributed by atoms with E-state index in [4.69, 9.17) is 0 Å². The molecule has 2 aliphatic rings. The number of nitrogens with zero attached hydrogens (tertiary/aromatic N) is 1. The summed E-state index contributed by atoms with van der Waals surface area (Å²) in [7, 11) is 0. The molecule has 1 heterocycles. The molecule has 76 valence electrons. The standard InChI is InChI=1S/C10H13NO3/c1-7-6-8(7)2-3-9(12)11-4-5-14-10(11)13/h2-3,7-8H,4-6H2,1H3/b3-2+/t7-,8-/m0/s1. The Bertz CT molecular complexity index is 298. The lowest BCUT2D eigenvalue weighted by molar-refractivity contribution is -0.122. The van der Waals surface area contributed by atoms with Crippen molar-refractivity contribution in [2.45, 2.75) is 13.3 Å². The Morgan fingerprint density at radius 2 is 2.36 bits per heavy atom. The Hall–Kier alpha value is -1.32. The Morgan fingerprint density at radius 1 is 1.64 bits per heavy atom. The van der Waals surface area contributed by atoms with Gasteiger partial charge in [-0.1, -0.05) is 13.0 Å². The highest BCUT2D eigenvalue weighted by Crippen LogP contribution is 2.38. The third-order valence-corrected chi connectivity index (χ3v) is 2.68. The van der Waals surface area contributed by atoms with Gasteiger partial charge in [0.05, 0.1) is 6.54 Å². The zero-order chi connectivity index (χ0) is 10.1. The predicted molar refractivity (Wildman–Crippen MR) is 49.5 cm³/mol. The molecule has 1 saturated carbocycles. The van der Waals surface area contributed by atoms with Gasteiger partial charge in [-0.05, 0) is 24.3 Å². The van der Waals surface area contributed by atoms with Crippen LogP contribution in [-0.4, -0.2) is 30.1 Å². The third kappa shape index (κ3) is 1.78. The number of hydrogen-bond acceptors (Lipinski definition) is 3. The van der Waals surface area contributed by atoms with Crippen LogP contribution in [0.25, 0.3) is 0 Å². The van der Waals surface area contributed by atoms with Gasteiger partial charge in [0.25, 0.3) is 5.91 Å². The number of hydrogen-bond donors (Lipinski definition) is 0. The van der Waals surface area contributed by atoms with Crippen LogP contribution < -0.4 is 0 Å². The highest BCUT2D eigenvalue weighted by Gasteiger charge is 2.31. The van der Waals surface area contributed by atoms with Gasteiger partial charge in [-0.2, -0.15) is 0 Å². The van der Waals surface area contributed by atoms with Gasteiger partial charge in [-0.3, -0.25) is 4.79 Å². The Labute approximate surface area is 82.5 Å². The van der Waals surface area contributed by atoms with Gasteiger partial charge < -0.3 is 4.74 Å². The van der Waals surface area contributed by atoms with Crippen LogP contribution in [0.4, 0.5) is 4.79 Å². The molecule has 2 fully saturated rings. The molecule has 0 bridgehead atoms. The summed E-state index contributed by atoms with van der Waals surface area (Å²) in [6.45, 7) is 2.84. The van der Waals surface area contributed by atoms with Crippen LogP contribution in [0.2, 0.25) is 0 Å². The minimum absolute atomic E-state index is 0.258. The maximum absolute atomic E-state index is 11.4. The summed E-state index contributed by atoms with van der Waals surface area (Å²) in [5.74, 6) is 0.953. The largest absolute Gasteiger partial charge is 0.447 e. The van der Waals surface area contributed by atoms with E-state index in [2.05, 4.69) is 11.7 Å². The Kier molecular flexibility index (Phi) is 2.27. The van der Waals surface area contributed by atoms with Crippen LogP contribution in [-0.2, 0) is 9.53 Å². The van der Waals surface area contributed by atoms with Gasteiger partial charge in [0.1, 0.15) is 6.61 Å². The van der Waals surface area contributed by atoms with Crippen LogP contribution >= 0.6 is 0 Å². The average molecular weight is 195 g/mol. The van der Waals surface area contributed by atoms with Gasteiger partial charge in [0, 0.05) is 0 Å². The first-order valence-corrected chi connectivity index (χ1v) is 4.85. The lowest BCUT2D eigenvalue weighted by atomic mass is 10.3. The van der Waals surface area contributed by atoms with Crippen LogP contribution in [0.1, 0.15) is 13.3 Å². The first-order valence-electron chi connectivity index (χ1n) is 4.85. The average Bonchev–Trinajstić information content (AvgIpc) is 2.67. The van der Waals surface area contributed by atoms with Crippen molar-refractivity contribution < 1.29 is 14.3 Å². The second-order valence-electron chi connectivity index (χ2n) is 3.84. The zero-order valence-corrected chi connectivity index (χ0v) is 8.10. The van der Waals surface area contributed by atoms with Crippen LogP contribution in [0.3, 0.4) is 0 Å². The van der Waals surface area contributed by atoms with Crippen molar-refractivity contribution in [2.75, 3.05) is 13.2 Å². The van der Waals surface area contributed by atoms with E-state index in [0.29, 0.717) is 25.0 Å². The predicted octanol–water partition coefficient (Wildman–Crippen LogP) is 1.18. The Balaban J connectivity index is 1.88. The summed E-state index contributed by atoms with van der Waals surface area (Å²) in [5, 5.41) is 0. The first-order chi connectivity index (χ1) is 6.68. The molecule has 0 unspecified atom stereocenters. The van der Waals surface area contributed by atoms with Gasteiger partial charge in [-0.25, -0.2) is 9.69 Å². The van der Waals surface area contributed by atoms with Crippen molar-refractivity contribution in [3.8, 4) is 0 Å². The Morgan fingerprint density at radius 3 is 2.86 bits per heavy atom. The van der Waals surface area contributed by atoms with E-state index in [9.17, 15) is 9.59 Å². The molecule has 0 spiro atoms. The highest BCUT2D eigenvalue weighted by molar-refractivity contribution is 5.99. The van der Waals surface area contributed by atoms with Crippen molar-refractivity contribution in [1.82, 2.24) is 4.90 Å². The van der Waals surface area contributed by atoms with E-state index < -0.39 is 6.09 Å². The van der Waals surface area contributed by atoms with Crippen molar-refractivity contribution >= 4 is 12.0 Å². The normalized spacial score (nSPS) is 30.9. The molecular formula is C10H13NO3. The van der Waals surface area contributed by atoms with E-state index in [1.165, 1.54) is 6.08 Å². The monoisotopic (exact) mass is 195 g/mol. The summed E-state index contributed by atoms with van der Waals surface area (Å²) < 4.78 is 4.66. The zero-order valence-electron chi connectivity index (χ0n) is 8.10. The maximum atomic E-state index is 11.4. The summed E-state index contributed by atoms with van der Waals surface area (Å²) in [4.78, 5) is 23.6. The van der Waals surface area contributed by atoms with E-state index in [1.54, 1.807) is 0 Å². The van der Waals surface area contributed by atoms with E-state index >= 15 is 0 Å². The molecule has 2 rings (SSSR count). The number of allylic oxidation sites excluding steroid dienone is 1. The third-order valence-electron chi connectivity index (χ3n) is 2.68. The second kappa shape index (κ2) is 3.44. The molecule has 0 aromatic rings. The maximum Gasteiger partial charge on any atom is 0.416 e. The van der Waals surface area contributed by atoms with Crippen LogP contribution in [0.15, 0.2) is 12.2 Å². The van der Waals surface area contributed by atoms with Crippen molar-refractivity contribution in [2.24, 2.45) is 11.8 Å². The molecule has 1 aliphatic carbocycles. The van der Waals surface area contributed by atoms with E-state index in [1.807, 2.05) is 6.08 Å². The number of carbonyl (C=O) groups is 2. The molecule has 1 saturated heterocycles. The van der Waals surface area contributed by atoms with E-state index in [0.717, 1.165) is 11.3 Å². The molecule has 2 atom stereocenters. The number of imide groups is 1.